The van der Waals surface area contributed by atoms with Crippen molar-refractivity contribution < 1.29 is 9.47 Å². The fourth-order valence-corrected chi connectivity index (χ4v) is 1.77. The standard InChI is InChI=1S/C10H20O2/c1-7(2)12-10-8(3)5-11-6-9(10)4/h7-10H,5-6H2,1-4H3/t8-,9-/m1/s1. The number of hydrogen-bond acceptors (Lipinski definition) is 2. The van der Waals surface area contributed by atoms with Crippen LogP contribution in [0.4, 0.5) is 0 Å². The first-order chi connectivity index (χ1) is 5.61. The summed E-state index contributed by atoms with van der Waals surface area (Å²) in [6.45, 7) is 10.3. The topological polar surface area (TPSA) is 18.5 Å². The molecule has 0 N–H and O–H groups in total. The second kappa shape index (κ2) is 4.24. The van der Waals surface area contributed by atoms with Gasteiger partial charge in [0.05, 0.1) is 25.4 Å². The Morgan fingerprint density at radius 1 is 1.17 bits per heavy atom. The molecule has 2 atom stereocenters. The van der Waals surface area contributed by atoms with Crippen molar-refractivity contribution in [2.24, 2.45) is 11.8 Å². The summed E-state index contributed by atoms with van der Waals surface area (Å²) in [5.41, 5.74) is 0. The van der Waals surface area contributed by atoms with Gasteiger partial charge in [0.2, 0.25) is 0 Å². The number of ether oxygens (including phenoxy) is 2. The van der Waals surface area contributed by atoms with Gasteiger partial charge in [0.25, 0.3) is 0 Å². The molecule has 0 aromatic heterocycles. The number of rotatable bonds is 2. The van der Waals surface area contributed by atoms with Gasteiger partial charge in [-0.15, -0.1) is 0 Å². The summed E-state index contributed by atoms with van der Waals surface area (Å²) in [6.07, 6.45) is 0.719. The van der Waals surface area contributed by atoms with E-state index < -0.39 is 0 Å². The van der Waals surface area contributed by atoms with E-state index in [0.717, 1.165) is 13.2 Å². The van der Waals surface area contributed by atoms with Crippen LogP contribution in [0.2, 0.25) is 0 Å². The Morgan fingerprint density at radius 3 is 2.08 bits per heavy atom. The first-order valence-electron chi connectivity index (χ1n) is 4.84. The van der Waals surface area contributed by atoms with Gasteiger partial charge >= 0.3 is 0 Å². The number of hydrogen-bond donors (Lipinski definition) is 0. The SMILES string of the molecule is CC(C)OC1[C@H](C)COC[C@H]1C. The van der Waals surface area contributed by atoms with Crippen LogP contribution in [-0.2, 0) is 9.47 Å². The molecule has 0 aromatic rings. The minimum absolute atomic E-state index is 0.331. The minimum atomic E-state index is 0.331. The van der Waals surface area contributed by atoms with E-state index in [9.17, 15) is 0 Å². The zero-order chi connectivity index (χ0) is 9.14. The maximum Gasteiger partial charge on any atom is 0.0673 e. The average molecular weight is 172 g/mol. The third kappa shape index (κ3) is 2.46. The summed E-state index contributed by atoms with van der Waals surface area (Å²) in [4.78, 5) is 0. The Labute approximate surface area is 75.2 Å². The summed E-state index contributed by atoms with van der Waals surface area (Å²) < 4.78 is 11.3. The molecule has 0 unspecified atom stereocenters. The summed E-state index contributed by atoms with van der Waals surface area (Å²) in [6, 6.07) is 0. The quantitative estimate of drug-likeness (QED) is 0.635. The lowest BCUT2D eigenvalue weighted by Crippen LogP contribution is -2.40. The van der Waals surface area contributed by atoms with Crippen molar-refractivity contribution in [1.82, 2.24) is 0 Å². The molecule has 1 saturated heterocycles. The van der Waals surface area contributed by atoms with Crippen molar-refractivity contribution in [2.75, 3.05) is 13.2 Å². The average Bonchev–Trinajstić information content (AvgIpc) is 1.97. The van der Waals surface area contributed by atoms with Crippen LogP contribution in [0, 0.1) is 11.8 Å². The highest BCUT2D eigenvalue weighted by molar-refractivity contribution is 4.76. The van der Waals surface area contributed by atoms with Crippen molar-refractivity contribution in [3.63, 3.8) is 0 Å². The lowest BCUT2D eigenvalue weighted by atomic mass is 9.92. The summed E-state index contributed by atoms with van der Waals surface area (Å²) in [7, 11) is 0. The summed E-state index contributed by atoms with van der Waals surface area (Å²) in [5.74, 6) is 1.08. The molecule has 2 heteroatoms. The second-order valence-corrected chi connectivity index (χ2v) is 4.14. The fraction of sp³-hybridized carbons (Fsp3) is 1.00. The van der Waals surface area contributed by atoms with Crippen LogP contribution in [0.25, 0.3) is 0 Å². The van der Waals surface area contributed by atoms with Gasteiger partial charge in [-0.2, -0.15) is 0 Å². The molecule has 0 radical (unpaired) electrons. The van der Waals surface area contributed by atoms with E-state index in [0.29, 0.717) is 24.0 Å². The first kappa shape index (κ1) is 10.0. The van der Waals surface area contributed by atoms with Crippen molar-refractivity contribution in [3.8, 4) is 0 Å². The molecule has 1 rings (SSSR count). The third-order valence-electron chi connectivity index (χ3n) is 2.31. The zero-order valence-corrected chi connectivity index (χ0v) is 8.54. The molecule has 72 valence electrons. The van der Waals surface area contributed by atoms with Crippen LogP contribution >= 0.6 is 0 Å². The molecule has 0 aromatic carbocycles. The summed E-state index contributed by atoms with van der Waals surface area (Å²) >= 11 is 0. The Balaban J connectivity index is 2.45. The third-order valence-corrected chi connectivity index (χ3v) is 2.31. The Morgan fingerprint density at radius 2 is 1.67 bits per heavy atom. The Kier molecular flexibility index (Phi) is 3.53. The van der Waals surface area contributed by atoms with Crippen LogP contribution in [-0.4, -0.2) is 25.4 Å². The van der Waals surface area contributed by atoms with E-state index in [1.807, 2.05) is 0 Å². The van der Waals surface area contributed by atoms with Crippen molar-refractivity contribution in [3.05, 3.63) is 0 Å². The molecule has 0 amide bonds. The predicted octanol–water partition coefficient (Wildman–Crippen LogP) is 2.08. The monoisotopic (exact) mass is 172 g/mol. The molecule has 12 heavy (non-hydrogen) atoms. The first-order valence-corrected chi connectivity index (χ1v) is 4.84. The molecule has 2 nitrogen and oxygen atoms in total. The van der Waals surface area contributed by atoms with Crippen LogP contribution in [0.3, 0.4) is 0 Å². The van der Waals surface area contributed by atoms with E-state index in [2.05, 4.69) is 27.7 Å². The van der Waals surface area contributed by atoms with Gasteiger partial charge in [-0.3, -0.25) is 0 Å². The van der Waals surface area contributed by atoms with Crippen molar-refractivity contribution in [2.45, 2.75) is 39.9 Å². The molecule has 0 aliphatic carbocycles. The minimum Gasteiger partial charge on any atom is -0.381 e. The van der Waals surface area contributed by atoms with Gasteiger partial charge in [0, 0.05) is 11.8 Å². The van der Waals surface area contributed by atoms with Crippen molar-refractivity contribution in [1.29, 1.82) is 0 Å². The largest absolute Gasteiger partial charge is 0.381 e. The van der Waals surface area contributed by atoms with E-state index in [4.69, 9.17) is 9.47 Å². The predicted molar refractivity (Wildman–Crippen MR) is 49.2 cm³/mol. The lowest BCUT2D eigenvalue weighted by molar-refractivity contribution is -0.120. The van der Waals surface area contributed by atoms with Gasteiger partial charge in [0.1, 0.15) is 0 Å². The van der Waals surface area contributed by atoms with Crippen molar-refractivity contribution >= 4 is 0 Å². The molecule has 0 spiro atoms. The van der Waals surface area contributed by atoms with E-state index in [-0.39, 0.29) is 0 Å². The highest BCUT2D eigenvalue weighted by Crippen LogP contribution is 2.23. The zero-order valence-electron chi connectivity index (χ0n) is 8.54. The molecule has 0 saturated carbocycles. The van der Waals surface area contributed by atoms with Crippen LogP contribution in [0.15, 0.2) is 0 Å². The molecule has 1 aliphatic heterocycles. The van der Waals surface area contributed by atoms with Gasteiger partial charge in [0.15, 0.2) is 0 Å². The maximum atomic E-state index is 5.84. The molecule has 1 aliphatic rings. The highest BCUT2D eigenvalue weighted by atomic mass is 16.5. The van der Waals surface area contributed by atoms with Crippen LogP contribution in [0.5, 0.6) is 0 Å². The van der Waals surface area contributed by atoms with E-state index in [1.54, 1.807) is 0 Å². The van der Waals surface area contributed by atoms with E-state index >= 15 is 0 Å². The highest BCUT2D eigenvalue weighted by Gasteiger charge is 2.29. The van der Waals surface area contributed by atoms with Crippen LogP contribution < -0.4 is 0 Å². The fourth-order valence-electron chi connectivity index (χ4n) is 1.77. The van der Waals surface area contributed by atoms with Crippen LogP contribution in [0.1, 0.15) is 27.7 Å². The normalized spacial score (nSPS) is 32.8. The van der Waals surface area contributed by atoms with Gasteiger partial charge in [-0.1, -0.05) is 13.8 Å². The smallest absolute Gasteiger partial charge is 0.0673 e. The van der Waals surface area contributed by atoms with Gasteiger partial charge in [-0.05, 0) is 13.8 Å². The molecule has 1 fully saturated rings. The molecular formula is C10H20O2. The maximum absolute atomic E-state index is 5.84. The Hall–Kier alpha value is -0.0800. The summed E-state index contributed by atoms with van der Waals surface area (Å²) in [5, 5.41) is 0. The van der Waals surface area contributed by atoms with Gasteiger partial charge < -0.3 is 9.47 Å². The van der Waals surface area contributed by atoms with Gasteiger partial charge in [-0.25, -0.2) is 0 Å². The molecular weight excluding hydrogens is 152 g/mol. The Bertz CT molecular complexity index is 124. The second-order valence-electron chi connectivity index (χ2n) is 4.14. The van der Waals surface area contributed by atoms with E-state index in [1.165, 1.54) is 0 Å². The molecule has 1 heterocycles. The molecule has 0 bridgehead atoms. The lowest BCUT2D eigenvalue weighted by Gasteiger charge is -2.35.